The lowest BCUT2D eigenvalue weighted by molar-refractivity contribution is 0.386. The molecule has 0 spiro atoms. The first-order chi connectivity index (χ1) is 8.29. The Morgan fingerprint density at radius 3 is 3.00 bits per heavy atom. The standard InChI is InChI=1S/C13H19FN2O/c1-17-13-5-4-11(9-12(13)14)16-10-3-2-7-15-8-6-10/h4-5,9-10,15-16H,2-3,6-8H2,1H3. The van der Waals surface area contributed by atoms with Crippen LogP contribution in [0.5, 0.6) is 5.75 Å². The van der Waals surface area contributed by atoms with Crippen molar-refractivity contribution < 1.29 is 9.13 Å². The highest BCUT2D eigenvalue weighted by Crippen LogP contribution is 2.22. The van der Waals surface area contributed by atoms with Crippen molar-refractivity contribution in [2.45, 2.75) is 25.3 Å². The predicted molar refractivity (Wildman–Crippen MR) is 67.1 cm³/mol. The lowest BCUT2D eigenvalue weighted by Crippen LogP contribution is -2.21. The molecule has 1 unspecified atom stereocenters. The summed E-state index contributed by atoms with van der Waals surface area (Å²) in [6.07, 6.45) is 3.37. The van der Waals surface area contributed by atoms with Gasteiger partial charge in [-0.05, 0) is 44.5 Å². The fraction of sp³-hybridized carbons (Fsp3) is 0.538. The molecule has 2 rings (SSSR count). The lowest BCUT2D eigenvalue weighted by Gasteiger charge is -2.17. The molecular formula is C13H19FN2O. The number of ether oxygens (including phenoxy) is 1. The molecule has 1 fully saturated rings. The molecule has 1 aliphatic rings. The highest BCUT2D eigenvalue weighted by atomic mass is 19.1. The van der Waals surface area contributed by atoms with Gasteiger partial charge in [0.2, 0.25) is 0 Å². The second kappa shape index (κ2) is 5.87. The maximum absolute atomic E-state index is 13.5. The summed E-state index contributed by atoms with van der Waals surface area (Å²) in [4.78, 5) is 0. The van der Waals surface area contributed by atoms with Crippen LogP contribution in [0, 0.1) is 5.82 Å². The number of nitrogens with one attached hydrogen (secondary N) is 2. The molecule has 1 aromatic carbocycles. The van der Waals surface area contributed by atoms with Crippen LogP contribution in [0.1, 0.15) is 19.3 Å². The molecule has 17 heavy (non-hydrogen) atoms. The molecule has 1 aromatic rings. The van der Waals surface area contributed by atoms with Crippen LogP contribution in [-0.4, -0.2) is 26.2 Å². The third-order valence-corrected chi connectivity index (χ3v) is 3.10. The van der Waals surface area contributed by atoms with Crippen LogP contribution in [0.25, 0.3) is 0 Å². The minimum absolute atomic E-state index is 0.290. The van der Waals surface area contributed by atoms with E-state index in [-0.39, 0.29) is 11.6 Å². The van der Waals surface area contributed by atoms with Gasteiger partial charge in [0, 0.05) is 17.8 Å². The summed E-state index contributed by atoms with van der Waals surface area (Å²) in [6.45, 7) is 2.10. The molecule has 2 N–H and O–H groups in total. The van der Waals surface area contributed by atoms with Crippen molar-refractivity contribution in [2.75, 3.05) is 25.5 Å². The number of halogens is 1. The molecule has 94 valence electrons. The number of methoxy groups -OCH3 is 1. The molecule has 0 saturated carbocycles. The van der Waals surface area contributed by atoms with Gasteiger partial charge in [-0.2, -0.15) is 0 Å². The Labute approximate surface area is 101 Å². The van der Waals surface area contributed by atoms with Crippen molar-refractivity contribution in [2.24, 2.45) is 0 Å². The van der Waals surface area contributed by atoms with E-state index in [1.54, 1.807) is 6.07 Å². The molecule has 4 heteroatoms. The molecule has 0 bridgehead atoms. The highest BCUT2D eigenvalue weighted by molar-refractivity contribution is 5.48. The molecule has 1 saturated heterocycles. The number of rotatable bonds is 3. The maximum Gasteiger partial charge on any atom is 0.167 e. The first-order valence-electron chi connectivity index (χ1n) is 6.10. The van der Waals surface area contributed by atoms with E-state index in [0.29, 0.717) is 6.04 Å². The van der Waals surface area contributed by atoms with Gasteiger partial charge in [0.1, 0.15) is 0 Å². The zero-order valence-corrected chi connectivity index (χ0v) is 10.1. The van der Waals surface area contributed by atoms with Crippen molar-refractivity contribution in [1.29, 1.82) is 0 Å². The van der Waals surface area contributed by atoms with E-state index in [1.165, 1.54) is 13.2 Å². The quantitative estimate of drug-likeness (QED) is 0.848. The Morgan fingerprint density at radius 2 is 2.24 bits per heavy atom. The highest BCUT2D eigenvalue weighted by Gasteiger charge is 2.12. The number of hydrogen-bond acceptors (Lipinski definition) is 3. The van der Waals surface area contributed by atoms with E-state index in [4.69, 9.17) is 4.74 Å². The van der Waals surface area contributed by atoms with Crippen LogP contribution in [0.2, 0.25) is 0 Å². The molecule has 1 heterocycles. The Kier molecular flexibility index (Phi) is 4.20. The van der Waals surface area contributed by atoms with Crippen molar-refractivity contribution in [3.63, 3.8) is 0 Å². The number of hydrogen-bond donors (Lipinski definition) is 2. The van der Waals surface area contributed by atoms with Crippen molar-refractivity contribution >= 4 is 5.69 Å². The number of benzene rings is 1. The van der Waals surface area contributed by atoms with Gasteiger partial charge >= 0.3 is 0 Å². The topological polar surface area (TPSA) is 33.3 Å². The van der Waals surface area contributed by atoms with Crippen LogP contribution >= 0.6 is 0 Å². The Balaban J connectivity index is 1.99. The minimum Gasteiger partial charge on any atom is -0.494 e. The van der Waals surface area contributed by atoms with Gasteiger partial charge in [-0.25, -0.2) is 4.39 Å². The summed E-state index contributed by atoms with van der Waals surface area (Å²) < 4.78 is 18.4. The van der Waals surface area contributed by atoms with Gasteiger partial charge in [-0.3, -0.25) is 0 Å². The second-order valence-corrected chi connectivity index (χ2v) is 4.37. The summed E-state index contributed by atoms with van der Waals surface area (Å²) in [5.41, 5.74) is 0.829. The summed E-state index contributed by atoms with van der Waals surface area (Å²) in [5, 5.41) is 6.74. The van der Waals surface area contributed by atoms with Crippen molar-refractivity contribution in [3.8, 4) is 5.75 Å². The van der Waals surface area contributed by atoms with Gasteiger partial charge < -0.3 is 15.4 Å². The van der Waals surface area contributed by atoms with Crippen LogP contribution in [0.4, 0.5) is 10.1 Å². The van der Waals surface area contributed by atoms with Gasteiger partial charge in [0.15, 0.2) is 11.6 Å². The molecule has 3 nitrogen and oxygen atoms in total. The monoisotopic (exact) mass is 238 g/mol. The van der Waals surface area contributed by atoms with E-state index >= 15 is 0 Å². The molecule has 0 amide bonds. The summed E-state index contributed by atoms with van der Waals surface area (Å²) in [5.74, 6) is -0.0256. The zero-order chi connectivity index (χ0) is 12.1. The van der Waals surface area contributed by atoms with Crippen LogP contribution in [0.3, 0.4) is 0 Å². The summed E-state index contributed by atoms with van der Waals surface area (Å²) >= 11 is 0. The Bertz CT molecular complexity index is 362. The van der Waals surface area contributed by atoms with E-state index in [2.05, 4.69) is 10.6 Å². The predicted octanol–water partition coefficient (Wildman–Crippen LogP) is 2.39. The third-order valence-electron chi connectivity index (χ3n) is 3.10. The second-order valence-electron chi connectivity index (χ2n) is 4.37. The summed E-state index contributed by atoms with van der Waals surface area (Å²) in [6, 6.07) is 5.45. The Morgan fingerprint density at radius 1 is 1.35 bits per heavy atom. The van der Waals surface area contributed by atoms with E-state index in [1.807, 2.05) is 6.07 Å². The fourth-order valence-corrected chi connectivity index (χ4v) is 2.16. The molecule has 1 aliphatic heterocycles. The number of anilines is 1. The van der Waals surface area contributed by atoms with Crippen molar-refractivity contribution in [3.05, 3.63) is 24.0 Å². The van der Waals surface area contributed by atoms with Crippen LogP contribution in [-0.2, 0) is 0 Å². The summed E-state index contributed by atoms with van der Waals surface area (Å²) in [7, 11) is 1.47. The third kappa shape index (κ3) is 3.33. The maximum atomic E-state index is 13.5. The minimum atomic E-state index is -0.316. The normalized spacial score (nSPS) is 20.7. The molecule has 0 radical (unpaired) electrons. The van der Waals surface area contributed by atoms with Gasteiger partial charge in [-0.15, -0.1) is 0 Å². The van der Waals surface area contributed by atoms with E-state index < -0.39 is 0 Å². The van der Waals surface area contributed by atoms with Gasteiger partial charge in [0.05, 0.1) is 7.11 Å². The average molecular weight is 238 g/mol. The van der Waals surface area contributed by atoms with E-state index in [0.717, 1.165) is 38.0 Å². The molecular weight excluding hydrogens is 219 g/mol. The zero-order valence-electron chi connectivity index (χ0n) is 10.1. The molecule has 0 aromatic heterocycles. The van der Waals surface area contributed by atoms with Crippen LogP contribution < -0.4 is 15.4 Å². The fourth-order valence-electron chi connectivity index (χ4n) is 2.16. The average Bonchev–Trinajstić information content (AvgIpc) is 2.58. The van der Waals surface area contributed by atoms with Crippen molar-refractivity contribution in [1.82, 2.24) is 5.32 Å². The first-order valence-corrected chi connectivity index (χ1v) is 6.10. The first kappa shape index (κ1) is 12.2. The molecule has 1 atom stereocenters. The van der Waals surface area contributed by atoms with Gasteiger partial charge in [-0.1, -0.05) is 0 Å². The SMILES string of the molecule is COc1ccc(NC2CCCNCC2)cc1F. The van der Waals surface area contributed by atoms with Gasteiger partial charge in [0.25, 0.3) is 0 Å². The largest absolute Gasteiger partial charge is 0.494 e. The Hall–Kier alpha value is -1.29. The van der Waals surface area contributed by atoms with Crippen LogP contribution in [0.15, 0.2) is 18.2 Å². The molecule has 0 aliphatic carbocycles. The smallest absolute Gasteiger partial charge is 0.167 e. The van der Waals surface area contributed by atoms with E-state index in [9.17, 15) is 4.39 Å². The lowest BCUT2D eigenvalue weighted by atomic mass is 10.1.